The van der Waals surface area contributed by atoms with E-state index in [1.807, 2.05) is 42.7 Å². The Hall–Kier alpha value is -4.52. The van der Waals surface area contributed by atoms with E-state index in [1.165, 1.54) is 0 Å². The van der Waals surface area contributed by atoms with Crippen LogP contribution in [0.1, 0.15) is 0 Å². The number of aromatic amines is 2. The van der Waals surface area contributed by atoms with Crippen LogP contribution < -0.4 is 4.74 Å². The van der Waals surface area contributed by atoms with Crippen molar-refractivity contribution in [1.82, 2.24) is 30.1 Å². The first kappa shape index (κ1) is 18.3. The molecular formula is C25H18N6O. The molecule has 6 rings (SSSR count). The number of pyridine rings is 3. The second-order valence-corrected chi connectivity index (χ2v) is 7.49. The predicted molar refractivity (Wildman–Crippen MR) is 124 cm³/mol. The first-order valence-electron chi connectivity index (χ1n) is 10.2. The highest BCUT2D eigenvalue weighted by Gasteiger charge is 2.15. The second-order valence-electron chi connectivity index (χ2n) is 7.49. The van der Waals surface area contributed by atoms with Crippen molar-refractivity contribution in [3.8, 4) is 39.5 Å². The van der Waals surface area contributed by atoms with Crippen LogP contribution in [0.3, 0.4) is 0 Å². The minimum Gasteiger partial charge on any atom is -0.495 e. The molecule has 0 fully saturated rings. The predicted octanol–water partition coefficient (Wildman–Crippen LogP) is 5.24. The Morgan fingerprint density at radius 3 is 2.47 bits per heavy atom. The summed E-state index contributed by atoms with van der Waals surface area (Å²) in [5.74, 6) is 0.724. The van der Waals surface area contributed by atoms with Gasteiger partial charge < -0.3 is 9.72 Å². The van der Waals surface area contributed by atoms with Crippen molar-refractivity contribution in [2.45, 2.75) is 0 Å². The third-order valence-electron chi connectivity index (χ3n) is 5.60. The van der Waals surface area contributed by atoms with Crippen molar-refractivity contribution in [3.63, 3.8) is 0 Å². The lowest BCUT2D eigenvalue weighted by atomic mass is 10.0. The molecule has 0 unspecified atom stereocenters. The molecule has 5 aromatic heterocycles. The van der Waals surface area contributed by atoms with Crippen molar-refractivity contribution in [2.24, 2.45) is 0 Å². The average Bonchev–Trinajstić information content (AvgIpc) is 3.48. The fourth-order valence-corrected chi connectivity index (χ4v) is 4.01. The van der Waals surface area contributed by atoms with Crippen LogP contribution in [0.2, 0.25) is 0 Å². The van der Waals surface area contributed by atoms with Crippen LogP contribution in [-0.2, 0) is 0 Å². The summed E-state index contributed by atoms with van der Waals surface area (Å²) in [4.78, 5) is 16.5. The topological polar surface area (TPSA) is 92.4 Å². The molecule has 0 aliphatic rings. The smallest absolute Gasteiger partial charge is 0.137 e. The van der Waals surface area contributed by atoms with Crippen LogP contribution in [0.15, 0.2) is 79.5 Å². The van der Waals surface area contributed by atoms with Gasteiger partial charge in [-0.3, -0.25) is 20.1 Å². The molecular weight excluding hydrogens is 400 g/mol. The first-order chi connectivity index (χ1) is 15.8. The first-order valence-corrected chi connectivity index (χ1v) is 10.2. The maximum atomic E-state index is 5.33. The summed E-state index contributed by atoms with van der Waals surface area (Å²) in [7, 11) is 1.64. The Balaban J connectivity index is 1.50. The Morgan fingerprint density at radius 1 is 0.719 bits per heavy atom. The van der Waals surface area contributed by atoms with Gasteiger partial charge in [0.05, 0.1) is 30.2 Å². The number of methoxy groups -OCH3 is 1. The zero-order valence-electron chi connectivity index (χ0n) is 17.2. The molecule has 0 aliphatic carbocycles. The van der Waals surface area contributed by atoms with E-state index in [4.69, 9.17) is 4.74 Å². The lowest BCUT2D eigenvalue weighted by molar-refractivity contribution is 0.413. The number of nitrogens with zero attached hydrogens (tertiary/aromatic N) is 4. The molecule has 32 heavy (non-hydrogen) atoms. The van der Waals surface area contributed by atoms with Gasteiger partial charge in [0.15, 0.2) is 0 Å². The third-order valence-corrected chi connectivity index (χ3v) is 5.60. The number of nitrogens with one attached hydrogen (secondary N) is 2. The molecule has 7 nitrogen and oxygen atoms in total. The van der Waals surface area contributed by atoms with E-state index in [0.29, 0.717) is 0 Å². The van der Waals surface area contributed by atoms with Gasteiger partial charge in [0.2, 0.25) is 0 Å². The molecule has 0 radical (unpaired) electrons. The molecule has 5 heterocycles. The van der Waals surface area contributed by atoms with Gasteiger partial charge in [-0.1, -0.05) is 6.07 Å². The monoisotopic (exact) mass is 418 g/mol. The number of H-pyrrole nitrogens is 2. The van der Waals surface area contributed by atoms with Crippen LogP contribution in [0.5, 0.6) is 5.75 Å². The summed E-state index contributed by atoms with van der Waals surface area (Å²) in [6.07, 6.45) is 8.90. The van der Waals surface area contributed by atoms with Crippen molar-refractivity contribution in [3.05, 3.63) is 79.5 Å². The van der Waals surface area contributed by atoms with E-state index >= 15 is 0 Å². The fraction of sp³-hybridized carbons (Fsp3) is 0.0400. The summed E-state index contributed by atoms with van der Waals surface area (Å²) in [5.41, 5.74) is 7.72. The van der Waals surface area contributed by atoms with E-state index in [-0.39, 0.29) is 0 Å². The van der Waals surface area contributed by atoms with E-state index < -0.39 is 0 Å². The highest BCUT2D eigenvalue weighted by atomic mass is 16.5. The number of hydrogen-bond acceptors (Lipinski definition) is 5. The highest BCUT2D eigenvalue weighted by Crippen LogP contribution is 2.34. The number of ether oxygens (including phenoxy) is 1. The maximum Gasteiger partial charge on any atom is 0.137 e. The van der Waals surface area contributed by atoms with Gasteiger partial charge in [0.1, 0.15) is 11.4 Å². The molecule has 0 saturated heterocycles. The lowest BCUT2D eigenvalue weighted by Gasteiger charge is -2.04. The molecule has 0 aliphatic heterocycles. The molecule has 154 valence electrons. The Morgan fingerprint density at radius 2 is 1.59 bits per heavy atom. The Kier molecular flexibility index (Phi) is 4.18. The summed E-state index contributed by atoms with van der Waals surface area (Å²) >= 11 is 0. The van der Waals surface area contributed by atoms with Gasteiger partial charge in [0.25, 0.3) is 0 Å². The summed E-state index contributed by atoms with van der Waals surface area (Å²) in [6, 6.07) is 16.2. The molecule has 0 saturated carbocycles. The average molecular weight is 418 g/mol. The Labute approximate surface area is 183 Å². The maximum absolute atomic E-state index is 5.33. The highest BCUT2D eigenvalue weighted by molar-refractivity contribution is 6.00. The largest absolute Gasteiger partial charge is 0.495 e. The minimum absolute atomic E-state index is 0.724. The van der Waals surface area contributed by atoms with E-state index in [2.05, 4.69) is 48.3 Å². The van der Waals surface area contributed by atoms with E-state index in [1.54, 1.807) is 25.7 Å². The summed E-state index contributed by atoms with van der Waals surface area (Å²) in [5, 5.41) is 9.81. The quantitative estimate of drug-likeness (QED) is 0.408. The van der Waals surface area contributed by atoms with Crippen molar-refractivity contribution >= 4 is 21.8 Å². The van der Waals surface area contributed by atoms with Crippen molar-refractivity contribution in [1.29, 1.82) is 0 Å². The SMILES string of the molecule is COc1cncc(-c2ccc3[nH]nc(-c4cc5c(-c6ccncc6)nccc5[nH]4)c3c2)c1. The van der Waals surface area contributed by atoms with Crippen LogP contribution >= 0.6 is 0 Å². The number of fused-ring (bicyclic) bond motifs is 2. The molecule has 0 spiro atoms. The number of benzene rings is 1. The van der Waals surface area contributed by atoms with Gasteiger partial charge in [-0.05, 0) is 48.0 Å². The van der Waals surface area contributed by atoms with Crippen molar-refractivity contribution in [2.75, 3.05) is 7.11 Å². The van der Waals surface area contributed by atoms with Crippen LogP contribution in [0.25, 0.3) is 55.6 Å². The standard InChI is InChI=1S/C25H18N6O/c1-32-18-10-17(13-27-14-18)16-2-3-22-19(11-16)25(31-30-22)23-12-20-21(29-23)6-9-28-24(20)15-4-7-26-8-5-15/h2-14,29H,1H3,(H,30,31). The summed E-state index contributed by atoms with van der Waals surface area (Å²) < 4.78 is 5.33. The van der Waals surface area contributed by atoms with Crippen LogP contribution in [-0.4, -0.2) is 37.2 Å². The third kappa shape index (κ3) is 2.99. The van der Waals surface area contributed by atoms with Crippen LogP contribution in [0.4, 0.5) is 0 Å². The van der Waals surface area contributed by atoms with E-state index in [0.717, 1.165) is 61.3 Å². The van der Waals surface area contributed by atoms with Crippen molar-refractivity contribution < 1.29 is 4.74 Å². The van der Waals surface area contributed by atoms with Gasteiger partial charge in [-0.2, -0.15) is 5.10 Å². The molecule has 0 amide bonds. The van der Waals surface area contributed by atoms with E-state index in [9.17, 15) is 0 Å². The zero-order valence-corrected chi connectivity index (χ0v) is 17.2. The lowest BCUT2D eigenvalue weighted by Crippen LogP contribution is -1.86. The second kappa shape index (κ2) is 7.31. The molecule has 1 aromatic carbocycles. The number of rotatable bonds is 4. The minimum atomic E-state index is 0.724. The summed E-state index contributed by atoms with van der Waals surface area (Å²) in [6.45, 7) is 0. The van der Waals surface area contributed by atoms with Gasteiger partial charge in [-0.25, -0.2) is 0 Å². The molecule has 6 aromatic rings. The fourth-order valence-electron chi connectivity index (χ4n) is 4.01. The van der Waals surface area contributed by atoms with Gasteiger partial charge in [0, 0.05) is 52.2 Å². The molecule has 0 atom stereocenters. The number of aromatic nitrogens is 6. The molecule has 2 N–H and O–H groups in total. The molecule has 7 heteroatoms. The zero-order chi connectivity index (χ0) is 21.5. The molecule has 0 bridgehead atoms. The van der Waals surface area contributed by atoms with Gasteiger partial charge in [-0.15, -0.1) is 0 Å². The van der Waals surface area contributed by atoms with Crippen LogP contribution in [0, 0.1) is 0 Å². The normalized spacial score (nSPS) is 11.3. The Bertz CT molecular complexity index is 1570. The van der Waals surface area contributed by atoms with Gasteiger partial charge >= 0.3 is 0 Å². The number of hydrogen-bond donors (Lipinski definition) is 2.